The van der Waals surface area contributed by atoms with Crippen LogP contribution in [-0.4, -0.2) is 54.3 Å². The molecule has 1 amide bonds. The van der Waals surface area contributed by atoms with Crippen molar-refractivity contribution in [2.75, 3.05) is 26.4 Å². The minimum atomic E-state index is -4.40. The summed E-state index contributed by atoms with van der Waals surface area (Å²) in [6, 6.07) is 0. The normalized spacial score (nSPS) is 13.8. The molecule has 0 fully saturated rings. The second-order valence-electron chi connectivity index (χ2n) is 12.6. The number of unbranched alkanes of at least 4 members (excludes halogenated alkanes) is 16. The summed E-state index contributed by atoms with van der Waals surface area (Å²) in [6.07, 6.45) is 37.1. The van der Waals surface area contributed by atoms with Gasteiger partial charge in [0.25, 0.3) is 0 Å². The van der Waals surface area contributed by atoms with Gasteiger partial charge < -0.3 is 20.1 Å². The van der Waals surface area contributed by atoms with E-state index in [4.69, 9.17) is 13.8 Å². The van der Waals surface area contributed by atoms with Gasteiger partial charge in [0, 0.05) is 19.4 Å². The van der Waals surface area contributed by atoms with Crippen LogP contribution in [0.3, 0.4) is 0 Å². The van der Waals surface area contributed by atoms with Crippen molar-refractivity contribution in [1.29, 1.82) is 0 Å². The van der Waals surface area contributed by atoms with Crippen molar-refractivity contribution in [1.82, 2.24) is 5.32 Å². The Labute approximate surface area is 293 Å². The van der Waals surface area contributed by atoms with Crippen molar-refractivity contribution < 1.29 is 37.9 Å². The minimum Gasteiger partial charge on any atom is -0.463 e. The molecular weight excluding hydrogens is 629 g/mol. The molecule has 0 aromatic heterocycles. The summed E-state index contributed by atoms with van der Waals surface area (Å²) in [4.78, 5) is 33.4. The van der Waals surface area contributed by atoms with Gasteiger partial charge in [-0.25, -0.2) is 4.57 Å². The maximum atomic E-state index is 12.0. The molecule has 0 rings (SSSR count). The van der Waals surface area contributed by atoms with E-state index in [1.165, 1.54) is 77.0 Å². The van der Waals surface area contributed by atoms with Crippen molar-refractivity contribution in [3.63, 3.8) is 0 Å². The van der Waals surface area contributed by atoms with E-state index < -0.39 is 26.5 Å². The van der Waals surface area contributed by atoms with Gasteiger partial charge in [-0.15, -0.1) is 0 Å². The molecule has 10 heteroatoms. The van der Waals surface area contributed by atoms with Crippen LogP contribution in [-0.2, 0) is 27.9 Å². The average molecular weight is 700 g/mol. The van der Waals surface area contributed by atoms with Crippen molar-refractivity contribution in [3.05, 3.63) is 36.5 Å². The predicted molar refractivity (Wildman–Crippen MR) is 197 cm³/mol. The first-order valence-corrected chi connectivity index (χ1v) is 20.5. The zero-order valence-electron chi connectivity index (χ0n) is 30.4. The number of phosphoric acid groups is 1. The van der Waals surface area contributed by atoms with Crippen molar-refractivity contribution in [3.8, 4) is 0 Å². The van der Waals surface area contributed by atoms with Crippen LogP contribution in [0.2, 0.25) is 0 Å². The maximum absolute atomic E-state index is 12.0. The molecule has 48 heavy (non-hydrogen) atoms. The van der Waals surface area contributed by atoms with Crippen molar-refractivity contribution >= 4 is 19.7 Å². The second kappa shape index (κ2) is 35.1. The highest BCUT2D eigenvalue weighted by atomic mass is 31.2. The van der Waals surface area contributed by atoms with E-state index >= 15 is 0 Å². The molecule has 0 heterocycles. The van der Waals surface area contributed by atoms with E-state index in [2.05, 4.69) is 55.6 Å². The van der Waals surface area contributed by atoms with Gasteiger partial charge in [0.1, 0.15) is 12.7 Å². The van der Waals surface area contributed by atoms with E-state index in [-0.39, 0.29) is 32.1 Å². The fraction of sp³-hybridized carbons (Fsp3) is 0.789. The first-order valence-electron chi connectivity index (χ1n) is 19.0. The van der Waals surface area contributed by atoms with Gasteiger partial charge in [0.05, 0.1) is 13.2 Å². The van der Waals surface area contributed by atoms with Gasteiger partial charge in [-0.05, 0) is 51.4 Å². The van der Waals surface area contributed by atoms with Crippen LogP contribution in [0, 0.1) is 0 Å². The number of allylic oxidation sites excluding steroid dienone is 6. The predicted octanol–water partition coefficient (Wildman–Crippen LogP) is 9.82. The SMILES string of the molecule is CCCCC/C=C\C/C=C\C/C=C\CCCCCCCCCCCCC(=O)NCCOP(=O)(O)OCC(O)COC(=O)CCCCCC. The Balaban J connectivity index is 3.54. The third kappa shape index (κ3) is 35.5. The van der Waals surface area contributed by atoms with Gasteiger partial charge in [0.2, 0.25) is 5.91 Å². The first kappa shape index (κ1) is 46.2. The highest BCUT2D eigenvalue weighted by molar-refractivity contribution is 7.47. The number of hydrogen-bond donors (Lipinski definition) is 3. The Morgan fingerprint density at radius 1 is 0.646 bits per heavy atom. The lowest BCUT2D eigenvalue weighted by molar-refractivity contribution is -0.147. The Bertz CT molecular complexity index is 892. The number of amides is 1. The quantitative estimate of drug-likeness (QED) is 0.0258. The van der Waals surface area contributed by atoms with E-state index in [1.807, 2.05) is 0 Å². The van der Waals surface area contributed by atoms with E-state index in [9.17, 15) is 24.2 Å². The van der Waals surface area contributed by atoms with Crippen LogP contribution in [0.4, 0.5) is 0 Å². The lowest BCUT2D eigenvalue weighted by atomic mass is 10.0. The molecule has 0 aromatic carbocycles. The van der Waals surface area contributed by atoms with Gasteiger partial charge in [0.15, 0.2) is 0 Å². The zero-order chi connectivity index (χ0) is 35.4. The van der Waals surface area contributed by atoms with Gasteiger partial charge in [-0.3, -0.25) is 18.6 Å². The highest BCUT2D eigenvalue weighted by Gasteiger charge is 2.23. The van der Waals surface area contributed by atoms with Gasteiger partial charge in [-0.2, -0.15) is 0 Å². The monoisotopic (exact) mass is 699 g/mol. The molecule has 0 aromatic rings. The Hall–Kier alpha value is -1.77. The number of nitrogens with one attached hydrogen (secondary N) is 1. The molecule has 0 spiro atoms. The van der Waals surface area contributed by atoms with Crippen LogP contribution in [0.1, 0.15) is 162 Å². The number of carbonyl (C=O) groups is 2. The summed E-state index contributed by atoms with van der Waals surface area (Å²) in [6.45, 7) is 3.36. The third-order valence-corrected chi connectivity index (χ3v) is 8.81. The fourth-order valence-electron chi connectivity index (χ4n) is 4.91. The maximum Gasteiger partial charge on any atom is 0.472 e. The number of rotatable bonds is 35. The van der Waals surface area contributed by atoms with Crippen molar-refractivity contribution in [2.24, 2.45) is 0 Å². The van der Waals surface area contributed by atoms with Crippen molar-refractivity contribution in [2.45, 2.75) is 168 Å². The fourth-order valence-corrected chi connectivity index (χ4v) is 5.67. The van der Waals surface area contributed by atoms with Crippen LogP contribution in [0.25, 0.3) is 0 Å². The van der Waals surface area contributed by atoms with Crippen LogP contribution < -0.4 is 5.32 Å². The summed E-state index contributed by atoms with van der Waals surface area (Å²) < 4.78 is 26.5. The summed E-state index contributed by atoms with van der Waals surface area (Å²) in [5.74, 6) is -0.539. The molecule has 0 aliphatic carbocycles. The first-order chi connectivity index (χ1) is 23.3. The highest BCUT2D eigenvalue weighted by Crippen LogP contribution is 2.42. The lowest BCUT2D eigenvalue weighted by Gasteiger charge is -2.15. The number of phosphoric ester groups is 1. The smallest absolute Gasteiger partial charge is 0.463 e. The summed E-state index contributed by atoms with van der Waals surface area (Å²) in [5.41, 5.74) is 0. The van der Waals surface area contributed by atoms with Crippen LogP contribution in [0.5, 0.6) is 0 Å². The Morgan fingerprint density at radius 2 is 1.12 bits per heavy atom. The van der Waals surface area contributed by atoms with Gasteiger partial charge >= 0.3 is 13.8 Å². The van der Waals surface area contributed by atoms with Gasteiger partial charge in [-0.1, -0.05) is 134 Å². The molecule has 0 saturated carbocycles. The topological polar surface area (TPSA) is 131 Å². The Kier molecular flexibility index (Phi) is 33.8. The minimum absolute atomic E-state index is 0.0793. The largest absolute Gasteiger partial charge is 0.472 e. The van der Waals surface area contributed by atoms with E-state index in [0.717, 1.165) is 57.8 Å². The lowest BCUT2D eigenvalue weighted by Crippen LogP contribution is -2.27. The molecule has 2 atom stereocenters. The molecule has 0 radical (unpaired) electrons. The molecule has 0 aliphatic rings. The second-order valence-corrected chi connectivity index (χ2v) is 14.0. The number of aliphatic hydroxyl groups excluding tert-OH is 1. The standard InChI is InChI=1S/C38H70NO8P/c1-3-5-7-9-10-11-12-13-14-15-16-17-18-19-20-21-22-23-24-25-26-27-28-30-37(41)39-32-33-46-48(43,44)47-35-36(40)34-45-38(42)31-29-8-6-4-2/h10-11,13-14,16-17,36,40H,3-9,12,15,18-35H2,1-2H3,(H,39,41)(H,43,44)/b11-10-,14-13-,17-16-. The number of carbonyl (C=O) groups excluding carboxylic acids is 2. The van der Waals surface area contributed by atoms with E-state index in [0.29, 0.717) is 6.42 Å². The third-order valence-electron chi connectivity index (χ3n) is 7.82. The molecule has 0 saturated heterocycles. The number of aliphatic hydroxyl groups is 1. The van der Waals surface area contributed by atoms with Crippen LogP contribution in [0.15, 0.2) is 36.5 Å². The molecule has 0 bridgehead atoms. The average Bonchev–Trinajstić information content (AvgIpc) is 3.07. The molecule has 9 nitrogen and oxygen atoms in total. The summed E-state index contributed by atoms with van der Waals surface area (Å²) in [7, 11) is -4.40. The Morgan fingerprint density at radius 3 is 1.73 bits per heavy atom. The van der Waals surface area contributed by atoms with Crippen LogP contribution >= 0.6 is 7.82 Å². The molecule has 2 unspecified atom stereocenters. The number of ether oxygens (including phenoxy) is 1. The summed E-state index contributed by atoms with van der Waals surface area (Å²) in [5, 5.41) is 12.5. The molecular formula is C38H70NO8P. The van der Waals surface area contributed by atoms with E-state index in [1.54, 1.807) is 0 Å². The zero-order valence-corrected chi connectivity index (χ0v) is 31.3. The summed E-state index contributed by atoms with van der Waals surface area (Å²) >= 11 is 0. The molecule has 3 N–H and O–H groups in total. The number of esters is 1. The number of hydrogen-bond acceptors (Lipinski definition) is 7. The molecule has 280 valence electrons. The molecule has 0 aliphatic heterocycles.